The minimum Gasteiger partial charge on any atom is -0.459 e. The highest BCUT2D eigenvalue weighted by atomic mass is 16.5. The Kier molecular flexibility index (Phi) is 7.19. The molecule has 170 valence electrons. The number of hydrogen-bond acceptors (Lipinski definition) is 5. The van der Waals surface area contributed by atoms with E-state index in [1.165, 1.54) is 11.8 Å². The topological polar surface area (TPSA) is 80.1 Å². The van der Waals surface area contributed by atoms with E-state index < -0.39 is 5.97 Å². The lowest BCUT2D eigenvalue weighted by molar-refractivity contribution is -0.136. The number of carbonyl (C=O) groups is 3. The van der Waals surface area contributed by atoms with Crippen molar-refractivity contribution in [2.75, 3.05) is 32.8 Å². The molecular weight excluding hydrogens is 420 g/mol. The number of furan rings is 1. The van der Waals surface area contributed by atoms with E-state index in [0.29, 0.717) is 38.2 Å². The average molecular weight is 447 g/mol. The number of ether oxygens (including phenoxy) is 1. The summed E-state index contributed by atoms with van der Waals surface area (Å²) in [5.41, 5.74) is 2.57. The highest BCUT2D eigenvalue weighted by molar-refractivity contribution is 5.93. The molecule has 3 aromatic rings. The molecule has 0 atom stereocenters. The Labute approximate surface area is 192 Å². The summed E-state index contributed by atoms with van der Waals surface area (Å²) in [6.07, 6.45) is 2.97. The molecule has 4 rings (SSSR count). The van der Waals surface area contributed by atoms with Gasteiger partial charge in [-0.15, -0.1) is 0 Å². The van der Waals surface area contributed by atoms with Crippen LogP contribution in [0.5, 0.6) is 0 Å². The zero-order valence-electron chi connectivity index (χ0n) is 18.3. The highest BCUT2D eigenvalue weighted by Crippen LogP contribution is 2.15. The Morgan fingerprint density at radius 2 is 1.48 bits per heavy atom. The third-order valence-corrected chi connectivity index (χ3v) is 5.74. The Hall–Kier alpha value is -3.87. The predicted octanol–water partition coefficient (Wildman–Crippen LogP) is 3.21. The maximum Gasteiger partial charge on any atom is 0.338 e. The molecule has 0 saturated carbocycles. The zero-order valence-corrected chi connectivity index (χ0v) is 18.3. The summed E-state index contributed by atoms with van der Waals surface area (Å²) in [4.78, 5) is 40.8. The molecule has 0 spiro atoms. The molecule has 7 heteroatoms. The molecule has 33 heavy (non-hydrogen) atoms. The van der Waals surface area contributed by atoms with Crippen molar-refractivity contribution in [3.63, 3.8) is 0 Å². The van der Waals surface area contributed by atoms with Gasteiger partial charge in [-0.2, -0.15) is 0 Å². The number of esters is 1. The van der Waals surface area contributed by atoms with E-state index in [0.717, 1.165) is 12.0 Å². The van der Waals surface area contributed by atoms with E-state index in [1.54, 1.807) is 34.1 Å². The average Bonchev–Trinajstić information content (AvgIpc) is 3.41. The van der Waals surface area contributed by atoms with Crippen molar-refractivity contribution in [1.29, 1.82) is 0 Å². The molecule has 1 saturated heterocycles. The van der Waals surface area contributed by atoms with Gasteiger partial charge in [0.05, 0.1) is 11.8 Å². The van der Waals surface area contributed by atoms with Crippen LogP contribution >= 0.6 is 0 Å². The van der Waals surface area contributed by atoms with Gasteiger partial charge in [-0.05, 0) is 42.2 Å². The minimum atomic E-state index is -0.501. The Bertz CT molecular complexity index is 1090. The Balaban J connectivity index is 1.27. The maximum absolute atomic E-state index is 12.7. The Morgan fingerprint density at radius 1 is 0.788 bits per heavy atom. The summed E-state index contributed by atoms with van der Waals surface area (Å²) in [6.45, 7) is 1.26. The summed E-state index contributed by atoms with van der Waals surface area (Å²) in [7, 11) is 0. The summed E-state index contributed by atoms with van der Waals surface area (Å²) in [6, 6.07) is 20.7. The van der Waals surface area contributed by atoms with E-state index in [-0.39, 0.29) is 24.2 Å². The zero-order chi connectivity index (χ0) is 23.0. The van der Waals surface area contributed by atoms with Gasteiger partial charge in [0.1, 0.15) is 0 Å². The van der Waals surface area contributed by atoms with Gasteiger partial charge in [0, 0.05) is 26.2 Å². The first-order valence-corrected chi connectivity index (χ1v) is 11.0. The van der Waals surface area contributed by atoms with E-state index in [9.17, 15) is 14.4 Å². The second-order valence-electron chi connectivity index (χ2n) is 7.87. The van der Waals surface area contributed by atoms with Gasteiger partial charge in [0.2, 0.25) is 0 Å². The molecule has 0 bridgehead atoms. The molecule has 0 unspecified atom stereocenters. The van der Waals surface area contributed by atoms with Crippen LogP contribution in [0.1, 0.15) is 32.0 Å². The number of hydrogen-bond donors (Lipinski definition) is 0. The first-order valence-electron chi connectivity index (χ1n) is 11.0. The lowest BCUT2D eigenvalue weighted by Crippen LogP contribution is -2.51. The van der Waals surface area contributed by atoms with E-state index >= 15 is 0 Å². The fraction of sp³-hybridized carbons (Fsp3) is 0.269. The summed E-state index contributed by atoms with van der Waals surface area (Å²) >= 11 is 0. The molecule has 1 aromatic heterocycles. The van der Waals surface area contributed by atoms with Gasteiger partial charge in [0.15, 0.2) is 12.4 Å². The molecule has 0 radical (unpaired) electrons. The van der Waals surface area contributed by atoms with Gasteiger partial charge in [0.25, 0.3) is 11.8 Å². The first-order chi connectivity index (χ1) is 16.1. The van der Waals surface area contributed by atoms with Crippen molar-refractivity contribution in [1.82, 2.24) is 9.80 Å². The van der Waals surface area contributed by atoms with Gasteiger partial charge < -0.3 is 19.0 Å². The summed E-state index contributed by atoms with van der Waals surface area (Å²) in [5, 5.41) is 0. The van der Waals surface area contributed by atoms with Gasteiger partial charge in [-0.25, -0.2) is 4.79 Å². The third-order valence-electron chi connectivity index (χ3n) is 5.74. The van der Waals surface area contributed by atoms with Crippen LogP contribution in [0.3, 0.4) is 0 Å². The number of aryl methyl sites for hydroxylation is 2. The lowest BCUT2D eigenvalue weighted by atomic mass is 10.00. The molecule has 0 aliphatic carbocycles. The molecule has 2 amide bonds. The van der Waals surface area contributed by atoms with Crippen LogP contribution < -0.4 is 0 Å². The van der Waals surface area contributed by atoms with E-state index in [2.05, 4.69) is 12.1 Å². The predicted molar refractivity (Wildman–Crippen MR) is 122 cm³/mol. The molecular formula is C26H26N2O5. The maximum atomic E-state index is 12.7. The first kappa shape index (κ1) is 22.3. The van der Waals surface area contributed by atoms with E-state index in [4.69, 9.17) is 9.15 Å². The molecule has 1 aliphatic rings. The molecule has 7 nitrogen and oxygen atoms in total. The van der Waals surface area contributed by atoms with Gasteiger partial charge >= 0.3 is 5.97 Å². The lowest BCUT2D eigenvalue weighted by Gasteiger charge is -2.34. The fourth-order valence-corrected chi connectivity index (χ4v) is 3.87. The van der Waals surface area contributed by atoms with Crippen LogP contribution in [0.25, 0.3) is 0 Å². The second kappa shape index (κ2) is 10.6. The largest absolute Gasteiger partial charge is 0.459 e. The summed E-state index contributed by atoms with van der Waals surface area (Å²) < 4.78 is 10.5. The van der Waals surface area contributed by atoms with Crippen molar-refractivity contribution < 1.29 is 23.5 Å². The third kappa shape index (κ3) is 5.68. The van der Waals surface area contributed by atoms with Crippen molar-refractivity contribution in [2.45, 2.75) is 12.8 Å². The number of nitrogens with zero attached hydrogens (tertiary/aromatic N) is 2. The van der Waals surface area contributed by atoms with E-state index in [1.807, 2.05) is 30.3 Å². The van der Waals surface area contributed by atoms with Crippen molar-refractivity contribution in [3.8, 4) is 0 Å². The number of piperazine rings is 1. The standard InChI is InChI=1S/C26H26N2O5/c29-24(27-14-16-28(17-15-27)25(30)23-11-6-18-32-23)19-33-26(31)22-10-5-4-9-21(22)13-12-20-7-2-1-3-8-20/h1-11,18H,12-17,19H2. The number of carbonyl (C=O) groups excluding carboxylic acids is 3. The molecule has 2 heterocycles. The van der Waals surface area contributed by atoms with Crippen LogP contribution in [-0.2, 0) is 22.4 Å². The van der Waals surface area contributed by atoms with Gasteiger partial charge in [-0.3, -0.25) is 9.59 Å². The second-order valence-corrected chi connectivity index (χ2v) is 7.87. The molecule has 0 N–H and O–H groups in total. The van der Waals surface area contributed by atoms with Crippen LogP contribution in [0.15, 0.2) is 77.4 Å². The number of benzene rings is 2. The van der Waals surface area contributed by atoms with Crippen molar-refractivity contribution in [3.05, 3.63) is 95.4 Å². The molecule has 1 fully saturated rings. The Morgan fingerprint density at radius 3 is 2.21 bits per heavy atom. The molecule has 1 aliphatic heterocycles. The summed E-state index contributed by atoms with van der Waals surface area (Å²) in [5.74, 6) is -0.672. The number of amides is 2. The van der Waals surface area contributed by atoms with Crippen LogP contribution in [-0.4, -0.2) is 60.4 Å². The van der Waals surface area contributed by atoms with Crippen molar-refractivity contribution in [2.24, 2.45) is 0 Å². The molecule has 2 aromatic carbocycles. The highest BCUT2D eigenvalue weighted by Gasteiger charge is 2.26. The van der Waals surface area contributed by atoms with Gasteiger partial charge in [-0.1, -0.05) is 48.5 Å². The minimum absolute atomic E-state index is 0.189. The quantitative estimate of drug-likeness (QED) is 0.521. The van der Waals surface area contributed by atoms with Crippen LogP contribution in [0.4, 0.5) is 0 Å². The SMILES string of the molecule is O=C(OCC(=O)N1CCN(C(=O)c2ccco2)CC1)c1ccccc1CCc1ccccc1. The van der Waals surface area contributed by atoms with Crippen LogP contribution in [0, 0.1) is 0 Å². The monoisotopic (exact) mass is 446 g/mol. The number of rotatable bonds is 7. The normalized spacial score (nSPS) is 13.6. The van der Waals surface area contributed by atoms with Crippen molar-refractivity contribution >= 4 is 17.8 Å². The smallest absolute Gasteiger partial charge is 0.338 e. The fourth-order valence-electron chi connectivity index (χ4n) is 3.87. The van der Waals surface area contributed by atoms with Crippen LogP contribution in [0.2, 0.25) is 0 Å².